The first kappa shape index (κ1) is 56.2. The summed E-state index contributed by atoms with van der Waals surface area (Å²) in [5, 5.41) is 40.3. The molecule has 7 amide bonds. The van der Waals surface area contributed by atoms with Gasteiger partial charge in [0.25, 0.3) is 0 Å². The van der Waals surface area contributed by atoms with Crippen molar-refractivity contribution in [1.29, 1.82) is 0 Å². The van der Waals surface area contributed by atoms with Gasteiger partial charge >= 0.3 is 5.97 Å². The molecule has 2 aromatic carbocycles. The van der Waals surface area contributed by atoms with Gasteiger partial charge < -0.3 is 69.6 Å². The molecule has 0 bridgehead atoms. The van der Waals surface area contributed by atoms with Crippen LogP contribution in [0.3, 0.4) is 0 Å². The number of hydrogen-bond acceptors (Lipinski definition) is 13. The summed E-state index contributed by atoms with van der Waals surface area (Å²) >= 11 is 0. The lowest BCUT2D eigenvalue weighted by atomic mass is 10.00. The molecule has 1 fully saturated rings. The molecule has 1 aromatic heterocycles. The van der Waals surface area contributed by atoms with Crippen molar-refractivity contribution in [2.45, 2.75) is 119 Å². The van der Waals surface area contributed by atoms with Crippen molar-refractivity contribution in [3.8, 4) is 0 Å². The summed E-state index contributed by atoms with van der Waals surface area (Å²) < 4.78 is -1.25. The minimum absolute atomic E-state index is 0.0536. The molecule has 1 aliphatic heterocycles. The van der Waals surface area contributed by atoms with E-state index < -0.39 is 101 Å². The maximum Gasteiger partial charge on any atom is 0.327 e. The van der Waals surface area contributed by atoms with E-state index in [-0.39, 0.29) is 56.8 Å². The largest absolute Gasteiger partial charge is 0.480 e. The molecule has 22 nitrogen and oxygen atoms in total. The fourth-order valence-corrected chi connectivity index (χ4v) is 10.3. The molecule has 1 aliphatic rings. The quantitative estimate of drug-likeness (QED) is 0.0340. The zero-order chi connectivity index (χ0) is 51.4. The maximum atomic E-state index is 14.5. The molecule has 16 N–H and O–H groups in total. The van der Waals surface area contributed by atoms with Crippen molar-refractivity contribution >= 4 is 85.8 Å². The van der Waals surface area contributed by atoms with Crippen molar-refractivity contribution < 1.29 is 48.6 Å². The second-order valence-corrected chi connectivity index (χ2v) is 20.4. The lowest BCUT2D eigenvalue weighted by Gasteiger charge is -2.32. The Morgan fingerprint density at radius 2 is 1.43 bits per heavy atom. The highest BCUT2D eigenvalue weighted by Crippen LogP contribution is 2.39. The molecule has 70 heavy (non-hydrogen) atoms. The minimum Gasteiger partial charge on any atom is -0.480 e. The van der Waals surface area contributed by atoms with E-state index in [0.717, 1.165) is 32.5 Å². The Bertz CT molecular complexity index is 2310. The number of nitrogens with one attached hydrogen (secondary N) is 8. The summed E-state index contributed by atoms with van der Waals surface area (Å²) in [6, 6.07) is 6.09. The molecule has 24 heteroatoms. The number of carboxylic acids is 1. The Morgan fingerprint density at radius 3 is 2.09 bits per heavy atom. The number of aliphatic carboxylic acids is 1. The van der Waals surface area contributed by atoms with Crippen LogP contribution in [0.1, 0.15) is 70.4 Å². The molecule has 0 unspecified atom stereocenters. The van der Waals surface area contributed by atoms with Crippen LogP contribution in [-0.2, 0) is 51.2 Å². The number of para-hydroxylation sites is 1. The Morgan fingerprint density at radius 1 is 0.814 bits per heavy atom. The van der Waals surface area contributed by atoms with Crippen LogP contribution in [0, 0.1) is 0 Å². The molecule has 7 atom stereocenters. The number of fused-ring (bicyclic) bond motifs is 1. The number of aliphatic hydroxyl groups is 1. The van der Waals surface area contributed by atoms with Crippen LogP contribution in [0.5, 0.6) is 0 Å². The number of unbranched alkanes of at least 4 members (excludes halogenated alkanes) is 1. The summed E-state index contributed by atoms with van der Waals surface area (Å²) in [6.45, 7) is 3.89. The molecular formula is C46H66N12O10S2. The van der Waals surface area contributed by atoms with Gasteiger partial charge in [-0.05, 0) is 76.1 Å². The van der Waals surface area contributed by atoms with Gasteiger partial charge in [-0.1, -0.05) is 70.1 Å². The van der Waals surface area contributed by atoms with E-state index in [1.807, 2.05) is 18.2 Å². The second kappa shape index (κ2) is 27.7. The van der Waals surface area contributed by atoms with Crippen molar-refractivity contribution in [1.82, 2.24) is 42.2 Å². The maximum absolute atomic E-state index is 14.5. The van der Waals surface area contributed by atoms with Gasteiger partial charge in [-0.25, -0.2) is 4.79 Å². The van der Waals surface area contributed by atoms with Gasteiger partial charge in [0.15, 0.2) is 5.96 Å². The van der Waals surface area contributed by atoms with Crippen LogP contribution in [0.4, 0.5) is 0 Å². The zero-order valence-corrected chi connectivity index (χ0v) is 41.1. The van der Waals surface area contributed by atoms with Gasteiger partial charge in [-0.3, -0.25) is 38.6 Å². The molecule has 0 aliphatic carbocycles. The summed E-state index contributed by atoms with van der Waals surface area (Å²) in [6.07, 6.45) is 2.69. The number of aromatic amines is 1. The fraction of sp³-hybridized carbons (Fsp3) is 0.500. The van der Waals surface area contributed by atoms with Crippen molar-refractivity contribution in [3.63, 3.8) is 0 Å². The van der Waals surface area contributed by atoms with E-state index in [1.54, 1.807) is 56.4 Å². The molecule has 382 valence electrons. The van der Waals surface area contributed by atoms with Gasteiger partial charge in [-0.15, -0.1) is 0 Å². The SMILES string of the molecule is CC(=O)N[C@H](CCCCN)C(=O)N[C@H]1CCSSC(C)(C)[C@@H](C(=O)O)NC(=O)[C@H](Cc2c[nH]c3ccccc23)NC(=O)[C@H](CCCN=C(N)N)NC(=O)[C@@H](Cc2ccccc2)NC(=O)[C@H](CO)NC1=O. The van der Waals surface area contributed by atoms with Gasteiger partial charge in [0, 0.05) is 49.2 Å². The second-order valence-electron chi connectivity index (χ2n) is 17.3. The number of carbonyl (C=O) groups excluding carboxylic acids is 7. The van der Waals surface area contributed by atoms with Gasteiger partial charge in [0.05, 0.1) is 11.4 Å². The summed E-state index contributed by atoms with van der Waals surface area (Å²) in [4.78, 5) is 117. The Hall–Kier alpha value is -6.37. The number of hydrogen-bond donors (Lipinski definition) is 13. The predicted molar refractivity (Wildman–Crippen MR) is 268 cm³/mol. The van der Waals surface area contributed by atoms with Gasteiger partial charge in [0.2, 0.25) is 41.4 Å². The third kappa shape index (κ3) is 17.5. The number of aromatic nitrogens is 1. The van der Waals surface area contributed by atoms with Gasteiger partial charge in [0.1, 0.15) is 42.3 Å². The number of carboxylic acid groups (broad SMARTS) is 1. The molecule has 4 rings (SSSR count). The summed E-state index contributed by atoms with van der Waals surface area (Å²) in [7, 11) is 2.23. The smallest absolute Gasteiger partial charge is 0.327 e. The molecule has 0 radical (unpaired) electrons. The number of H-pyrrole nitrogens is 1. The average molecular weight is 1010 g/mol. The number of nitrogens with zero attached hydrogens (tertiary/aromatic N) is 1. The monoisotopic (exact) mass is 1010 g/mol. The first-order valence-electron chi connectivity index (χ1n) is 22.9. The first-order chi connectivity index (χ1) is 33.3. The minimum atomic E-state index is -1.65. The van der Waals surface area contributed by atoms with E-state index in [9.17, 15) is 48.6 Å². The van der Waals surface area contributed by atoms with Crippen LogP contribution in [0.2, 0.25) is 0 Å². The zero-order valence-electron chi connectivity index (χ0n) is 39.5. The number of nitrogens with two attached hydrogens (primary N) is 3. The Kier molecular flexibility index (Phi) is 22.3. The third-order valence-corrected chi connectivity index (χ3v) is 14.6. The Balaban J connectivity index is 1.79. The van der Waals surface area contributed by atoms with Crippen LogP contribution in [0.15, 0.2) is 65.8 Å². The Labute approximate surface area is 413 Å². The number of benzene rings is 2. The first-order valence-corrected chi connectivity index (χ1v) is 25.2. The number of rotatable bonds is 17. The molecule has 0 spiro atoms. The van der Waals surface area contributed by atoms with Crippen molar-refractivity contribution in [3.05, 3.63) is 71.9 Å². The highest BCUT2D eigenvalue weighted by Gasteiger charge is 2.40. The number of guanidine groups is 1. The highest BCUT2D eigenvalue weighted by atomic mass is 33.1. The van der Waals surface area contributed by atoms with E-state index in [2.05, 4.69) is 47.2 Å². The molecule has 3 aromatic rings. The lowest BCUT2D eigenvalue weighted by molar-refractivity contribution is -0.143. The fourth-order valence-electron chi connectivity index (χ4n) is 7.58. The molecule has 1 saturated heterocycles. The standard InChI is InChI=1S/C46H66N12O10S2/c1-26(60)52-31(16-9-10-19-47)38(61)54-33-18-21-69-70-46(2,3)37(44(67)68)58-42(65)35(23-28-24-51-30-15-8-7-14-29(28)30)56-39(62)32(17-11-20-50-45(48)49)53-41(64)34(22-27-12-5-4-6-13-27)55-43(66)36(25-59)57-40(33)63/h4-8,12-15,24,31-37,51,59H,9-11,16-23,25,47H2,1-3H3,(H,52,60)(H,53,64)(H,54,61)(H,55,66)(H,56,62)(H,57,63)(H,58,65)(H,67,68)(H4,48,49,50)/t31-,32+,33+,34-,35+,36+,37-/m1/s1. The highest BCUT2D eigenvalue weighted by molar-refractivity contribution is 8.77. The van der Waals surface area contributed by atoms with Crippen LogP contribution in [-0.4, -0.2) is 141 Å². The van der Waals surface area contributed by atoms with Crippen LogP contribution >= 0.6 is 21.6 Å². The van der Waals surface area contributed by atoms with E-state index >= 15 is 0 Å². The lowest BCUT2D eigenvalue weighted by Crippen LogP contribution is -2.61. The average Bonchev–Trinajstić information content (AvgIpc) is 3.72. The number of carbonyl (C=O) groups is 8. The number of aliphatic imine (C=N–C) groups is 1. The van der Waals surface area contributed by atoms with E-state index in [4.69, 9.17) is 17.2 Å². The topological polar surface area (TPSA) is 367 Å². The van der Waals surface area contributed by atoms with E-state index in [0.29, 0.717) is 30.5 Å². The summed E-state index contributed by atoms with van der Waals surface area (Å²) in [5.74, 6) is -7.06. The van der Waals surface area contributed by atoms with Gasteiger partial charge in [-0.2, -0.15) is 0 Å². The molecule has 0 saturated carbocycles. The van der Waals surface area contributed by atoms with Crippen molar-refractivity contribution in [2.75, 3.05) is 25.4 Å². The van der Waals surface area contributed by atoms with Crippen molar-refractivity contribution in [2.24, 2.45) is 22.2 Å². The molecule has 2 heterocycles. The number of amides is 7. The normalized spacial score (nSPS) is 22.4. The third-order valence-electron chi connectivity index (χ3n) is 11.3. The van der Waals surface area contributed by atoms with Crippen LogP contribution < -0.4 is 54.4 Å². The molecular weight excluding hydrogens is 945 g/mol. The van der Waals surface area contributed by atoms with Crippen LogP contribution in [0.25, 0.3) is 10.9 Å². The number of aliphatic hydroxyl groups excluding tert-OH is 1. The predicted octanol–water partition coefficient (Wildman–Crippen LogP) is -0.810. The summed E-state index contributed by atoms with van der Waals surface area (Å²) in [5.41, 5.74) is 18.7. The van der Waals surface area contributed by atoms with E-state index in [1.165, 1.54) is 6.92 Å².